The zero-order valence-corrected chi connectivity index (χ0v) is 11.4. The molecule has 2 rings (SSSR count). The summed E-state index contributed by atoms with van der Waals surface area (Å²) in [6, 6.07) is 11.5. The SMILES string of the molecule is C[C@@H](N)c1cc(F)ccc1Oc1ccc(Br)cc1. The fourth-order valence-electron chi connectivity index (χ4n) is 1.60. The van der Waals surface area contributed by atoms with E-state index in [1.54, 1.807) is 13.0 Å². The molecular weight excluding hydrogens is 297 g/mol. The summed E-state index contributed by atoms with van der Waals surface area (Å²) in [5.74, 6) is 0.950. The van der Waals surface area contributed by atoms with Crippen molar-refractivity contribution in [1.29, 1.82) is 0 Å². The maximum atomic E-state index is 13.2. The number of halogens is 2. The molecule has 0 aromatic heterocycles. The van der Waals surface area contributed by atoms with Crippen molar-refractivity contribution >= 4 is 15.9 Å². The molecule has 0 aliphatic rings. The topological polar surface area (TPSA) is 35.2 Å². The summed E-state index contributed by atoms with van der Waals surface area (Å²) in [5.41, 5.74) is 6.46. The van der Waals surface area contributed by atoms with Crippen LogP contribution in [0.15, 0.2) is 46.9 Å². The summed E-state index contributed by atoms with van der Waals surface area (Å²) >= 11 is 3.35. The highest BCUT2D eigenvalue weighted by Gasteiger charge is 2.10. The minimum absolute atomic E-state index is 0.286. The van der Waals surface area contributed by atoms with Crippen molar-refractivity contribution in [1.82, 2.24) is 0 Å². The Morgan fingerprint density at radius 2 is 1.83 bits per heavy atom. The maximum absolute atomic E-state index is 13.2. The molecule has 0 radical (unpaired) electrons. The van der Waals surface area contributed by atoms with Crippen molar-refractivity contribution < 1.29 is 9.13 Å². The number of nitrogens with two attached hydrogens (primary N) is 1. The van der Waals surface area contributed by atoms with Gasteiger partial charge in [0.2, 0.25) is 0 Å². The van der Waals surface area contributed by atoms with Gasteiger partial charge in [-0.25, -0.2) is 4.39 Å². The molecule has 0 amide bonds. The van der Waals surface area contributed by atoms with E-state index < -0.39 is 0 Å². The Labute approximate surface area is 114 Å². The number of ether oxygens (including phenoxy) is 1. The molecule has 1 atom stereocenters. The standard InChI is InChI=1S/C14H13BrFNO/c1-9(17)13-8-11(16)4-7-14(13)18-12-5-2-10(15)3-6-12/h2-9H,17H2,1H3/t9-/m1/s1. The largest absolute Gasteiger partial charge is 0.457 e. The fourth-order valence-corrected chi connectivity index (χ4v) is 1.86. The van der Waals surface area contributed by atoms with E-state index in [0.717, 1.165) is 4.47 Å². The van der Waals surface area contributed by atoms with Gasteiger partial charge in [0.1, 0.15) is 17.3 Å². The molecule has 0 aliphatic heterocycles. The third-order valence-electron chi connectivity index (χ3n) is 2.50. The van der Waals surface area contributed by atoms with Crippen molar-refractivity contribution in [3.8, 4) is 11.5 Å². The van der Waals surface area contributed by atoms with Crippen LogP contribution in [0.2, 0.25) is 0 Å². The van der Waals surface area contributed by atoms with Gasteiger partial charge >= 0.3 is 0 Å². The van der Waals surface area contributed by atoms with Gasteiger partial charge in [0.05, 0.1) is 0 Å². The van der Waals surface area contributed by atoms with Crippen molar-refractivity contribution in [2.24, 2.45) is 5.73 Å². The van der Waals surface area contributed by atoms with Gasteiger partial charge in [0, 0.05) is 16.1 Å². The third kappa shape index (κ3) is 3.09. The summed E-state index contributed by atoms with van der Waals surface area (Å²) in [5, 5.41) is 0. The monoisotopic (exact) mass is 309 g/mol. The first-order chi connectivity index (χ1) is 8.56. The molecule has 2 aromatic carbocycles. The van der Waals surface area contributed by atoms with Gasteiger partial charge in [-0.05, 0) is 49.4 Å². The second kappa shape index (κ2) is 5.50. The molecule has 94 valence electrons. The van der Waals surface area contributed by atoms with Crippen LogP contribution < -0.4 is 10.5 Å². The Morgan fingerprint density at radius 1 is 1.17 bits per heavy atom. The van der Waals surface area contributed by atoms with Crippen LogP contribution in [0.1, 0.15) is 18.5 Å². The maximum Gasteiger partial charge on any atom is 0.132 e. The van der Waals surface area contributed by atoms with Crippen LogP contribution >= 0.6 is 15.9 Å². The van der Waals surface area contributed by atoms with E-state index >= 15 is 0 Å². The van der Waals surface area contributed by atoms with Crippen LogP contribution in [0, 0.1) is 5.82 Å². The number of benzene rings is 2. The lowest BCUT2D eigenvalue weighted by atomic mass is 10.1. The highest BCUT2D eigenvalue weighted by Crippen LogP contribution is 2.30. The minimum atomic E-state index is -0.314. The summed E-state index contributed by atoms with van der Waals surface area (Å²) in [4.78, 5) is 0. The van der Waals surface area contributed by atoms with Crippen LogP contribution in [0.5, 0.6) is 11.5 Å². The van der Waals surface area contributed by atoms with Gasteiger partial charge in [-0.3, -0.25) is 0 Å². The van der Waals surface area contributed by atoms with E-state index in [2.05, 4.69) is 15.9 Å². The molecule has 0 fully saturated rings. The molecule has 0 saturated carbocycles. The van der Waals surface area contributed by atoms with Crippen LogP contribution in [0.4, 0.5) is 4.39 Å². The van der Waals surface area contributed by atoms with E-state index in [1.165, 1.54) is 12.1 Å². The summed E-state index contributed by atoms with van der Waals surface area (Å²) < 4.78 is 19.9. The second-order valence-corrected chi connectivity index (χ2v) is 4.94. The van der Waals surface area contributed by atoms with E-state index in [9.17, 15) is 4.39 Å². The highest BCUT2D eigenvalue weighted by atomic mass is 79.9. The molecule has 0 saturated heterocycles. The molecule has 2 nitrogen and oxygen atoms in total. The Morgan fingerprint density at radius 3 is 2.44 bits per heavy atom. The van der Waals surface area contributed by atoms with Crippen LogP contribution in [-0.2, 0) is 0 Å². The van der Waals surface area contributed by atoms with Crippen molar-refractivity contribution in [3.05, 3.63) is 58.3 Å². The Balaban J connectivity index is 2.31. The van der Waals surface area contributed by atoms with Crippen molar-refractivity contribution in [3.63, 3.8) is 0 Å². The van der Waals surface area contributed by atoms with Gasteiger partial charge in [-0.15, -0.1) is 0 Å². The average Bonchev–Trinajstić information content (AvgIpc) is 2.34. The normalized spacial score (nSPS) is 12.2. The van der Waals surface area contributed by atoms with Crippen molar-refractivity contribution in [2.45, 2.75) is 13.0 Å². The number of rotatable bonds is 3. The molecule has 0 unspecified atom stereocenters. The molecule has 0 spiro atoms. The predicted octanol–water partition coefficient (Wildman–Crippen LogP) is 4.40. The molecule has 2 aromatic rings. The smallest absolute Gasteiger partial charge is 0.132 e. The lowest BCUT2D eigenvalue weighted by Gasteiger charge is -2.13. The molecular formula is C14H13BrFNO. The van der Waals surface area contributed by atoms with Gasteiger partial charge in [-0.2, -0.15) is 0 Å². The Hall–Kier alpha value is -1.39. The first kappa shape index (κ1) is 13.1. The van der Waals surface area contributed by atoms with E-state index in [1.807, 2.05) is 24.3 Å². The molecule has 4 heteroatoms. The van der Waals surface area contributed by atoms with E-state index in [0.29, 0.717) is 17.1 Å². The quantitative estimate of drug-likeness (QED) is 0.912. The predicted molar refractivity (Wildman–Crippen MR) is 73.2 cm³/mol. The van der Waals surface area contributed by atoms with Crippen LogP contribution in [0.3, 0.4) is 0 Å². The molecule has 0 bridgehead atoms. The zero-order chi connectivity index (χ0) is 13.1. The van der Waals surface area contributed by atoms with Gasteiger partial charge in [0.25, 0.3) is 0 Å². The van der Waals surface area contributed by atoms with E-state index in [4.69, 9.17) is 10.5 Å². The third-order valence-corrected chi connectivity index (χ3v) is 3.03. The molecule has 0 heterocycles. The highest BCUT2D eigenvalue weighted by molar-refractivity contribution is 9.10. The summed E-state index contributed by atoms with van der Waals surface area (Å²) in [6.45, 7) is 1.79. The van der Waals surface area contributed by atoms with Crippen LogP contribution in [-0.4, -0.2) is 0 Å². The van der Waals surface area contributed by atoms with E-state index in [-0.39, 0.29) is 11.9 Å². The number of hydrogen-bond donors (Lipinski definition) is 1. The number of hydrogen-bond acceptors (Lipinski definition) is 2. The van der Waals surface area contributed by atoms with Gasteiger partial charge < -0.3 is 10.5 Å². The fraction of sp³-hybridized carbons (Fsp3) is 0.143. The van der Waals surface area contributed by atoms with Gasteiger partial charge in [-0.1, -0.05) is 15.9 Å². The van der Waals surface area contributed by atoms with Gasteiger partial charge in [0.15, 0.2) is 0 Å². The summed E-state index contributed by atoms with van der Waals surface area (Å²) in [6.07, 6.45) is 0. The average molecular weight is 310 g/mol. The van der Waals surface area contributed by atoms with Crippen LogP contribution in [0.25, 0.3) is 0 Å². The molecule has 2 N–H and O–H groups in total. The first-order valence-corrected chi connectivity index (χ1v) is 6.34. The summed E-state index contributed by atoms with van der Waals surface area (Å²) in [7, 11) is 0. The Kier molecular flexibility index (Phi) is 3.99. The lowest BCUT2D eigenvalue weighted by Crippen LogP contribution is -2.07. The first-order valence-electron chi connectivity index (χ1n) is 5.54. The lowest BCUT2D eigenvalue weighted by molar-refractivity contribution is 0.469. The Bertz CT molecular complexity index is 540. The van der Waals surface area contributed by atoms with Crippen molar-refractivity contribution in [2.75, 3.05) is 0 Å². The minimum Gasteiger partial charge on any atom is -0.457 e. The zero-order valence-electron chi connectivity index (χ0n) is 9.86. The second-order valence-electron chi connectivity index (χ2n) is 4.03. The molecule has 18 heavy (non-hydrogen) atoms. The molecule has 0 aliphatic carbocycles.